The topological polar surface area (TPSA) is 42.7 Å². The lowest BCUT2D eigenvalue weighted by Gasteiger charge is -2.16. The number of hydrogen-bond acceptors (Lipinski definition) is 3. The van der Waals surface area contributed by atoms with Crippen LogP contribution in [0.15, 0.2) is 18.2 Å². The Labute approximate surface area is 103 Å². The lowest BCUT2D eigenvalue weighted by Crippen LogP contribution is -2.29. The van der Waals surface area contributed by atoms with Gasteiger partial charge in [0.25, 0.3) is 0 Å². The van der Waals surface area contributed by atoms with Crippen LogP contribution < -0.4 is 5.32 Å². The normalized spacial score (nSPS) is 14.6. The van der Waals surface area contributed by atoms with E-state index < -0.39 is 11.6 Å². The summed E-state index contributed by atoms with van der Waals surface area (Å²) in [5.74, 6) is 0.339. The molecule has 0 radical (unpaired) electrons. The fraction of sp³-hybridized carbons (Fsp3) is 0.333. The second kappa shape index (κ2) is 4.45. The summed E-state index contributed by atoms with van der Waals surface area (Å²) < 4.78 is 29.0. The van der Waals surface area contributed by atoms with Crippen molar-refractivity contribution in [3.05, 3.63) is 47.0 Å². The summed E-state index contributed by atoms with van der Waals surface area (Å²) in [5.41, 5.74) is 0.0474. The van der Waals surface area contributed by atoms with E-state index in [1.807, 2.05) is 4.57 Å². The molecule has 0 aliphatic carbocycles. The van der Waals surface area contributed by atoms with Crippen molar-refractivity contribution in [1.29, 1.82) is 0 Å². The molecule has 0 unspecified atom stereocenters. The quantitative estimate of drug-likeness (QED) is 0.872. The van der Waals surface area contributed by atoms with Gasteiger partial charge in [-0.3, -0.25) is 0 Å². The average Bonchev–Trinajstić information content (AvgIpc) is 2.77. The molecule has 0 bridgehead atoms. The molecule has 2 heterocycles. The van der Waals surface area contributed by atoms with Gasteiger partial charge in [0, 0.05) is 25.1 Å². The molecule has 3 rings (SSSR count). The molecule has 1 aliphatic heterocycles. The van der Waals surface area contributed by atoms with E-state index >= 15 is 0 Å². The molecule has 1 aromatic heterocycles. The van der Waals surface area contributed by atoms with Gasteiger partial charge in [0.05, 0.1) is 6.54 Å². The van der Waals surface area contributed by atoms with Crippen LogP contribution in [0.4, 0.5) is 8.78 Å². The first-order chi connectivity index (χ1) is 8.75. The van der Waals surface area contributed by atoms with Crippen molar-refractivity contribution in [1.82, 2.24) is 20.1 Å². The van der Waals surface area contributed by atoms with Gasteiger partial charge in [-0.25, -0.2) is 8.78 Å². The predicted molar refractivity (Wildman–Crippen MR) is 60.9 cm³/mol. The van der Waals surface area contributed by atoms with Gasteiger partial charge in [0.15, 0.2) is 0 Å². The van der Waals surface area contributed by atoms with Gasteiger partial charge in [0.2, 0.25) is 0 Å². The molecule has 18 heavy (non-hydrogen) atoms. The van der Waals surface area contributed by atoms with Crippen LogP contribution >= 0.6 is 0 Å². The summed E-state index contributed by atoms with van der Waals surface area (Å²) in [6, 6.07) is 3.87. The van der Waals surface area contributed by atoms with Gasteiger partial charge < -0.3 is 9.88 Å². The molecular weight excluding hydrogens is 238 g/mol. The summed E-state index contributed by atoms with van der Waals surface area (Å²) >= 11 is 0. The highest BCUT2D eigenvalue weighted by molar-refractivity contribution is 5.23. The maximum absolute atomic E-state index is 13.6. The molecule has 4 nitrogen and oxygen atoms in total. The zero-order valence-electron chi connectivity index (χ0n) is 9.66. The molecule has 2 aromatic rings. The van der Waals surface area contributed by atoms with Gasteiger partial charge in [0.1, 0.15) is 23.3 Å². The minimum atomic E-state index is -0.540. The zero-order chi connectivity index (χ0) is 12.5. The van der Waals surface area contributed by atoms with Crippen LogP contribution in [0.3, 0.4) is 0 Å². The zero-order valence-corrected chi connectivity index (χ0v) is 9.66. The van der Waals surface area contributed by atoms with Crippen molar-refractivity contribution in [2.24, 2.45) is 0 Å². The minimum absolute atomic E-state index is 0.0474. The first-order valence-corrected chi connectivity index (χ1v) is 5.80. The Morgan fingerprint density at radius 1 is 1.22 bits per heavy atom. The van der Waals surface area contributed by atoms with Gasteiger partial charge in [-0.1, -0.05) is 6.07 Å². The molecule has 0 amide bonds. The summed E-state index contributed by atoms with van der Waals surface area (Å²) in [4.78, 5) is 0. The predicted octanol–water partition coefficient (Wildman–Crippen LogP) is 1.25. The van der Waals surface area contributed by atoms with Crippen molar-refractivity contribution in [3.8, 4) is 0 Å². The Bertz CT molecular complexity index is 559. The first kappa shape index (κ1) is 11.3. The first-order valence-electron chi connectivity index (χ1n) is 5.80. The summed E-state index contributed by atoms with van der Waals surface area (Å²) in [6.07, 6.45) is 0.130. The third-order valence-electron chi connectivity index (χ3n) is 3.10. The number of hydrogen-bond donors (Lipinski definition) is 1. The van der Waals surface area contributed by atoms with Crippen LogP contribution in [0.1, 0.15) is 17.2 Å². The number of nitrogens with one attached hydrogen (secondary N) is 1. The number of rotatable bonds is 2. The molecule has 0 saturated carbocycles. The number of fused-ring (bicyclic) bond motifs is 1. The molecule has 1 aromatic carbocycles. The van der Waals surface area contributed by atoms with Crippen LogP contribution in [-0.2, 0) is 19.5 Å². The Kier molecular flexibility index (Phi) is 2.79. The molecular formula is C12H12F2N4. The monoisotopic (exact) mass is 250 g/mol. The highest BCUT2D eigenvalue weighted by Crippen LogP contribution is 2.17. The number of halogens is 2. The molecule has 0 spiro atoms. The van der Waals surface area contributed by atoms with E-state index in [2.05, 4.69) is 15.5 Å². The van der Waals surface area contributed by atoms with Crippen LogP contribution in [0, 0.1) is 11.6 Å². The fourth-order valence-corrected chi connectivity index (χ4v) is 2.14. The summed E-state index contributed by atoms with van der Waals surface area (Å²) in [6.45, 7) is 2.19. The van der Waals surface area contributed by atoms with E-state index in [0.29, 0.717) is 12.4 Å². The highest BCUT2D eigenvalue weighted by atomic mass is 19.1. The van der Waals surface area contributed by atoms with E-state index in [0.717, 1.165) is 18.9 Å². The van der Waals surface area contributed by atoms with Crippen molar-refractivity contribution < 1.29 is 8.78 Å². The van der Waals surface area contributed by atoms with E-state index in [9.17, 15) is 8.78 Å². The van der Waals surface area contributed by atoms with E-state index in [4.69, 9.17) is 0 Å². The van der Waals surface area contributed by atoms with E-state index in [-0.39, 0.29) is 12.0 Å². The van der Waals surface area contributed by atoms with Crippen molar-refractivity contribution in [3.63, 3.8) is 0 Å². The van der Waals surface area contributed by atoms with Crippen molar-refractivity contribution in [2.45, 2.75) is 19.5 Å². The van der Waals surface area contributed by atoms with E-state index in [1.165, 1.54) is 18.2 Å². The SMILES string of the molecule is Fc1cccc(F)c1Cc1nnc2n1CCNC2. The molecule has 1 aliphatic rings. The van der Waals surface area contributed by atoms with Crippen molar-refractivity contribution in [2.75, 3.05) is 6.54 Å². The number of benzene rings is 1. The Balaban J connectivity index is 1.95. The van der Waals surface area contributed by atoms with Gasteiger partial charge in [-0.05, 0) is 12.1 Å². The maximum atomic E-state index is 13.6. The summed E-state index contributed by atoms with van der Waals surface area (Å²) in [5, 5.41) is 11.2. The van der Waals surface area contributed by atoms with Gasteiger partial charge in [-0.15, -0.1) is 10.2 Å². The van der Waals surface area contributed by atoms with Crippen LogP contribution in [-0.4, -0.2) is 21.3 Å². The van der Waals surface area contributed by atoms with Crippen LogP contribution in [0.25, 0.3) is 0 Å². The lowest BCUT2D eigenvalue weighted by atomic mass is 10.1. The second-order valence-corrected chi connectivity index (χ2v) is 4.24. The number of nitrogens with zero attached hydrogens (tertiary/aromatic N) is 3. The Morgan fingerprint density at radius 2 is 2.00 bits per heavy atom. The standard InChI is InChI=1S/C12H12F2N4/c13-9-2-1-3-10(14)8(9)6-11-16-17-12-7-15-4-5-18(11)12/h1-3,15H,4-7H2. The highest BCUT2D eigenvalue weighted by Gasteiger charge is 2.18. The third kappa shape index (κ3) is 1.88. The largest absolute Gasteiger partial charge is 0.312 e. The fourth-order valence-electron chi connectivity index (χ4n) is 2.14. The minimum Gasteiger partial charge on any atom is -0.312 e. The van der Waals surface area contributed by atoms with Crippen molar-refractivity contribution >= 4 is 0 Å². The van der Waals surface area contributed by atoms with Crippen LogP contribution in [0.5, 0.6) is 0 Å². The lowest BCUT2D eigenvalue weighted by molar-refractivity contribution is 0.492. The molecule has 0 fully saturated rings. The smallest absolute Gasteiger partial charge is 0.147 e. The second-order valence-electron chi connectivity index (χ2n) is 4.24. The summed E-state index contributed by atoms with van der Waals surface area (Å²) in [7, 11) is 0. The van der Waals surface area contributed by atoms with Crippen LogP contribution in [0.2, 0.25) is 0 Å². The molecule has 0 atom stereocenters. The molecule has 94 valence electrons. The molecule has 1 N–H and O–H groups in total. The molecule has 0 saturated heterocycles. The average molecular weight is 250 g/mol. The van der Waals surface area contributed by atoms with E-state index in [1.54, 1.807) is 0 Å². The van der Waals surface area contributed by atoms with Gasteiger partial charge >= 0.3 is 0 Å². The maximum Gasteiger partial charge on any atom is 0.147 e. The Hall–Kier alpha value is -1.82. The Morgan fingerprint density at radius 3 is 2.78 bits per heavy atom. The third-order valence-corrected chi connectivity index (χ3v) is 3.10. The molecule has 6 heteroatoms. The van der Waals surface area contributed by atoms with Gasteiger partial charge in [-0.2, -0.15) is 0 Å². The number of aromatic nitrogens is 3.